The molecule has 1 aromatic heterocycles. The monoisotopic (exact) mass is 405 g/mol. The highest BCUT2D eigenvalue weighted by Crippen LogP contribution is 2.35. The maximum absolute atomic E-state index is 12.8. The van der Waals surface area contributed by atoms with Gasteiger partial charge in [0.05, 0.1) is 19.3 Å². The van der Waals surface area contributed by atoms with E-state index in [9.17, 15) is 13.2 Å². The molecule has 9 nitrogen and oxygen atoms in total. The van der Waals surface area contributed by atoms with Crippen LogP contribution in [0.5, 0.6) is 5.75 Å². The van der Waals surface area contributed by atoms with Crippen LogP contribution in [0.25, 0.3) is 0 Å². The van der Waals surface area contributed by atoms with Crippen LogP contribution in [0.15, 0.2) is 36.9 Å². The maximum Gasteiger partial charge on any atom is 0.244 e. The topological polar surface area (TPSA) is 97.6 Å². The fourth-order valence-corrected chi connectivity index (χ4v) is 4.72. The molecule has 1 unspecified atom stereocenters. The number of carbonyl (C=O) groups is 1. The van der Waals surface area contributed by atoms with Gasteiger partial charge in [0.15, 0.2) is 0 Å². The summed E-state index contributed by atoms with van der Waals surface area (Å²) in [5.41, 5.74) is 0.0576. The summed E-state index contributed by atoms with van der Waals surface area (Å²) < 4.78 is 34.1. The predicted molar refractivity (Wildman–Crippen MR) is 101 cm³/mol. The number of hydrogen-bond acceptors (Lipinski definition) is 6. The van der Waals surface area contributed by atoms with E-state index >= 15 is 0 Å². The average molecular weight is 405 g/mol. The number of aromatic nitrogens is 3. The van der Waals surface area contributed by atoms with Gasteiger partial charge in [0.1, 0.15) is 30.5 Å². The molecule has 1 spiro atoms. The number of fused-ring (bicyclic) bond motifs is 1. The first kappa shape index (κ1) is 18.9. The average Bonchev–Trinajstić information content (AvgIpc) is 3.09. The summed E-state index contributed by atoms with van der Waals surface area (Å²) in [5, 5.41) is 3.98. The van der Waals surface area contributed by atoms with Crippen LogP contribution >= 0.6 is 0 Å². The van der Waals surface area contributed by atoms with Crippen molar-refractivity contribution in [2.75, 3.05) is 25.9 Å². The Balaban J connectivity index is 1.61. The quantitative estimate of drug-likeness (QED) is 0.737. The molecule has 1 saturated heterocycles. The van der Waals surface area contributed by atoms with Crippen molar-refractivity contribution in [3.8, 4) is 5.75 Å². The van der Waals surface area contributed by atoms with Crippen LogP contribution in [-0.4, -0.2) is 69.8 Å². The van der Waals surface area contributed by atoms with Crippen molar-refractivity contribution in [1.29, 1.82) is 0 Å². The molecule has 1 aromatic carbocycles. The SMILES string of the molecule is CS(=O)(=O)N1Cc2ccccc2OC2(CCCN(C(=O)Cn3cncn3)C2)C1. The lowest BCUT2D eigenvalue weighted by molar-refractivity contribution is -0.138. The lowest BCUT2D eigenvalue weighted by atomic mass is 9.92. The number of rotatable bonds is 3. The van der Waals surface area contributed by atoms with Gasteiger partial charge in [-0.2, -0.15) is 9.40 Å². The van der Waals surface area contributed by atoms with E-state index in [0.29, 0.717) is 25.3 Å². The fourth-order valence-electron chi connectivity index (χ4n) is 3.88. The van der Waals surface area contributed by atoms with Crippen LogP contribution in [0, 0.1) is 0 Å². The van der Waals surface area contributed by atoms with Crippen molar-refractivity contribution in [2.45, 2.75) is 31.5 Å². The summed E-state index contributed by atoms with van der Waals surface area (Å²) in [4.78, 5) is 18.3. The zero-order valence-electron chi connectivity index (χ0n) is 15.7. The zero-order chi connectivity index (χ0) is 19.8. The summed E-state index contributed by atoms with van der Waals surface area (Å²) in [7, 11) is -3.42. The first-order valence-corrected chi connectivity index (χ1v) is 11.0. The highest BCUT2D eigenvalue weighted by atomic mass is 32.2. The largest absolute Gasteiger partial charge is 0.484 e. The van der Waals surface area contributed by atoms with E-state index in [-0.39, 0.29) is 25.5 Å². The van der Waals surface area contributed by atoms with Crippen molar-refractivity contribution in [2.24, 2.45) is 0 Å². The second-order valence-electron chi connectivity index (χ2n) is 7.44. The first-order chi connectivity index (χ1) is 13.3. The summed E-state index contributed by atoms with van der Waals surface area (Å²) in [6, 6.07) is 7.48. The number of likely N-dealkylation sites (tertiary alicyclic amines) is 1. The van der Waals surface area contributed by atoms with Crippen LogP contribution < -0.4 is 4.74 Å². The number of amides is 1. The molecule has 2 aromatic rings. The van der Waals surface area contributed by atoms with Gasteiger partial charge < -0.3 is 9.64 Å². The fraction of sp³-hybridized carbons (Fsp3) is 0.500. The zero-order valence-corrected chi connectivity index (χ0v) is 16.5. The first-order valence-electron chi connectivity index (χ1n) is 9.17. The van der Waals surface area contributed by atoms with Crippen LogP contribution in [-0.2, 0) is 27.9 Å². The molecular weight excluding hydrogens is 382 g/mol. The van der Waals surface area contributed by atoms with Gasteiger partial charge in [0, 0.05) is 18.7 Å². The number of para-hydroxylation sites is 1. The lowest BCUT2D eigenvalue weighted by Crippen LogP contribution is -2.58. The molecule has 28 heavy (non-hydrogen) atoms. The molecule has 0 radical (unpaired) electrons. The Kier molecular flexibility index (Phi) is 4.84. The van der Waals surface area contributed by atoms with Gasteiger partial charge in [0.2, 0.25) is 15.9 Å². The highest BCUT2D eigenvalue weighted by Gasteiger charge is 2.44. The number of hydrogen-bond donors (Lipinski definition) is 0. The van der Waals surface area contributed by atoms with Gasteiger partial charge in [-0.05, 0) is 18.9 Å². The molecule has 0 bridgehead atoms. The van der Waals surface area contributed by atoms with E-state index in [2.05, 4.69) is 10.1 Å². The Hall–Kier alpha value is -2.46. The van der Waals surface area contributed by atoms with Gasteiger partial charge >= 0.3 is 0 Å². The molecule has 2 aliphatic rings. The minimum atomic E-state index is -3.42. The Morgan fingerprint density at radius 2 is 2.11 bits per heavy atom. The minimum absolute atomic E-state index is 0.0865. The molecule has 3 heterocycles. The summed E-state index contributed by atoms with van der Waals surface area (Å²) in [5.74, 6) is 0.593. The molecule has 0 aliphatic carbocycles. The number of ether oxygens (including phenoxy) is 1. The minimum Gasteiger partial charge on any atom is -0.484 e. The van der Waals surface area contributed by atoms with Gasteiger partial charge in [-0.1, -0.05) is 18.2 Å². The molecular formula is C18H23N5O4S. The molecule has 150 valence electrons. The number of piperidine rings is 1. The van der Waals surface area contributed by atoms with E-state index in [1.54, 1.807) is 4.90 Å². The molecule has 4 rings (SSSR count). The molecule has 0 saturated carbocycles. The van der Waals surface area contributed by atoms with Crippen molar-refractivity contribution in [3.05, 3.63) is 42.5 Å². The normalized spacial score (nSPS) is 23.1. The summed E-state index contributed by atoms with van der Waals surface area (Å²) in [6.07, 6.45) is 5.52. The molecule has 10 heteroatoms. The van der Waals surface area contributed by atoms with Crippen molar-refractivity contribution < 1.29 is 17.9 Å². The van der Waals surface area contributed by atoms with E-state index in [4.69, 9.17) is 4.74 Å². The molecule has 1 amide bonds. The second kappa shape index (κ2) is 7.17. The number of benzene rings is 1. The predicted octanol–water partition coefficient (Wildman–Crippen LogP) is 0.493. The smallest absolute Gasteiger partial charge is 0.244 e. The van der Waals surface area contributed by atoms with Gasteiger partial charge in [-0.25, -0.2) is 18.1 Å². The lowest BCUT2D eigenvalue weighted by Gasteiger charge is -2.43. The summed E-state index contributed by atoms with van der Waals surface area (Å²) in [6.45, 7) is 1.53. The van der Waals surface area contributed by atoms with E-state index < -0.39 is 15.6 Å². The van der Waals surface area contributed by atoms with Gasteiger partial charge in [-0.3, -0.25) is 4.79 Å². The molecule has 1 atom stereocenters. The van der Waals surface area contributed by atoms with E-state index in [0.717, 1.165) is 12.0 Å². The summed E-state index contributed by atoms with van der Waals surface area (Å²) >= 11 is 0. The number of sulfonamides is 1. The Morgan fingerprint density at radius 1 is 1.29 bits per heavy atom. The Morgan fingerprint density at radius 3 is 2.86 bits per heavy atom. The van der Waals surface area contributed by atoms with Crippen molar-refractivity contribution in [3.63, 3.8) is 0 Å². The van der Waals surface area contributed by atoms with Crippen molar-refractivity contribution >= 4 is 15.9 Å². The van der Waals surface area contributed by atoms with Crippen LogP contribution in [0.4, 0.5) is 0 Å². The standard InChI is InChI=1S/C18H23N5O4S/c1-28(25,26)23-9-15-5-2-3-6-16(15)27-18(12-23)7-4-8-21(11-18)17(24)10-22-14-19-13-20-22/h2-3,5-6,13-14H,4,7-12H2,1H3. The molecule has 0 N–H and O–H groups in total. The number of nitrogens with zero attached hydrogens (tertiary/aromatic N) is 5. The highest BCUT2D eigenvalue weighted by molar-refractivity contribution is 7.88. The Labute approximate surface area is 164 Å². The van der Waals surface area contributed by atoms with E-state index in [1.807, 2.05) is 24.3 Å². The second-order valence-corrected chi connectivity index (χ2v) is 9.42. The third kappa shape index (κ3) is 3.88. The third-order valence-electron chi connectivity index (χ3n) is 5.24. The Bertz CT molecular complexity index is 962. The molecule has 1 fully saturated rings. The number of carbonyl (C=O) groups excluding carboxylic acids is 1. The van der Waals surface area contributed by atoms with Gasteiger partial charge in [0.25, 0.3) is 0 Å². The van der Waals surface area contributed by atoms with E-state index in [1.165, 1.54) is 27.9 Å². The maximum atomic E-state index is 12.8. The third-order valence-corrected chi connectivity index (χ3v) is 6.43. The van der Waals surface area contributed by atoms with Crippen LogP contribution in [0.3, 0.4) is 0 Å². The molecule has 2 aliphatic heterocycles. The van der Waals surface area contributed by atoms with Crippen LogP contribution in [0.1, 0.15) is 18.4 Å². The van der Waals surface area contributed by atoms with Crippen LogP contribution in [0.2, 0.25) is 0 Å². The van der Waals surface area contributed by atoms with Crippen molar-refractivity contribution in [1.82, 2.24) is 24.0 Å². The van der Waals surface area contributed by atoms with Gasteiger partial charge in [-0.15, -0.1) is 0 Å².